The van der Waals surface area contributed by atoms with Gasteiger partial charge >= 0.3 is 0 Å². The predicted octanol–water partition coefficient (Wildman–Crippen LogP) is 3.19. The first kappa shape index (κ1) is 9.97. The molecule has 0 amide bonds. The van der Waals surface area contributed by atoms with E-state index in [1.165, 1.54) is 6.42 Å². The van der Waals surface area contributed by atoms with E-state index in [0.717, 1.165) is 24.8 Å². The molecule has 0 aromatic carbocycles. The van der Waals surface area contributed by atoms with Crippen molar-refractivity contribution < 1.29 is 4.79 Å². The second-order valence-corrected chi connectivity index (χ2v) is 3.22. The summed E-state index contributed by atoms with van der Waals surface area (Å²) in [6, 6.07) is 0. The Morgan fingerprint density at radius 3 is 2.85 bits per heavy atom. The number of hydrogen-bond donors (Lipinski definition) is 0. The van der Waals surface area contributed by atoms with Gasteiger partial charge in [0.2, 0.25) is 0 Å². The van der Waals surface area contributed by atoms with Crippen LogP contribution >= 0.6 is 0 Å². The zero-order valence-electron chi connectivity index (χ0n) is 8.12. The minimum absolute atomic E-state index is 0.179. The van der Waals surface area contributed by atoms with Crippen molar-refractivity contribution in [2.75, 3.05) is 0 Å². The number of rotatable bonds is 3. The first-order valence-electron chi connectivity index (χ1n) is 4.87. The van der Waals surface area contributed by atoms with E-state index in [0.29, 0.717) is 0 Å². The number of hydrogen-bond acceptors (Lipinski definition) is 1. The average Bonchev–Trinajstić information content (AvgIpc) is 2.19. The summed E-state index contributed by atoms with van der Waals surface area (Å²) in [7, 11) is 0. The molecule has 1 heteroatoms. The van der Waals surface area contributed by atoms with Crippen LogP contribution in [0.3, 0.4) is 0 Å². The molecule has 0 heterocycles. The molecule has 0 saturated heterocycles. The molecule has 0 unspecified atom stereocenters. The van der Waals surface area contributed by atoms with Crippen LogP contribution in [0, 0.1) is 0 Å². The summed E-state index contributed by atoms with van der Waals surface area (Å²) >= 11 is 0. The molecular formula is C12H16O. The van der Waals surface area contributed by atoms with Gasteiger partial charge in [0.15, 0.2) is 5.78 Å². The topological polar surface area (TPSA) is 17.1 Å². The molecule has 0 radical (unpaired) electrons. The van der Waals surface area contributed by atoms with Crippen molar-refractivity contribution >= 4 is 5.78 Å². The van der Waals surface area contributed by atoms with E-state index in [9.17, 15) is 4.79 Å². The molecule has 0 aromatic heterocycles. The van der Waals surface area contributed by atoms with Crippen LogP contribution in [0.1, 0.15) is 32.6 Å². The molecule has 0 fully saturated rings. The summed E-state index contributed by atoms with van der Waals surface area (Å²) in [6.45, 7) is 1.94. The Morgan fingerprint density at radius 1 is 1.38 bits per heavy atom. The van der Waals surface area contributed by atoms with Gasteiger partial charge in [-0.1, -0.05) is 24.3 Å². The Hall–Kier alpha value is -1.11. The third-order valence-electron chi connectivity index (χ3n) is 2.16. The lowest BCUT2D eigenvalue weighted by molar-refractivity contribution is -0.111. The van der Waals surface area contributed by atoms with Gasteiger partial charge in [-0.2, -0.15) is 0 Å². The van der Waals surface area contributed by atoms with Crippen molar-refractivity contribution in [3.63, 3.8) is 0 Å². The van der Waals surface area contributed by atoms with E-state index < -0.39 is 0 Å². The first-order chi connectivity index (χ1) is 6.34. The van der Waals surface area contributed by atoms with Crippen molar-refractivity contribution in [1.29, 1.82) is 0 Å². The maximum atomic E-state index is 11.5. The fraction of sp³-hybridized carbons (Fsp3) is 0.417. The van der Waals surface area contributed by atoms with E-state index in [2.05, 4.69) is 6.08 Å². The molecule has 1 aliphatic carbocycles. The fourth-order valence-corrected chi connectivity index (χ4v) is 1.42. The molecule has 13 heavy (non-hydrogen) atoms. The average molecular weight is 176 g/mol. The second kappa shape index (κ2) is 5.52. The van der Waals surface area contributed by atoms with E-state index in [-0.39, 0.29) is 5.78 Å². The van der Waals surface area contributed by atoms with Gasteiger partial charge in [-0.05, 0) is 44.3 Å². The largest absolute Gasteiger partial charge is 0.290 e. The van der Waals surface area contributed by atoms with Crippen LogP contribution in [0.4, 0.5) is 0 Å². The third-order valence-corrected chi connectivity index (χ3v) is 2.16. The Labute approximate surface area is 79.8 Å². The highest BCUT2D eigenvalue weighted by Crippen LogP contribution is 2.18. The highest BCUT2D eigenvalue weighted by atomic mass is 16.1. The summed E-state index contributed by atoms with van der Waals surface area (Å²) in [4.78, 5) is 11.5. The Kier molecular flexibility index (Phi) is 4.24. The molecule has 0 aromatic rings. The number of carbonyl (C=O) groups is 1. The van der Waals surface area contributed by atoms with Gasteiger partial charge in [-0.15, -0.1) is 0 Å². The third kappa shape index (κ3) is 3.41. The van der Waals surface area contributed by atoms with Crippen molar-refractivity contribution in [2.24, 2.45) is 0 Å². The maximum absolute atomic E-state index is 11.5. The fourth-order valence-electron chi connectivity index (χ4n) is 1.42. The summed E-state index contributed by atoms with van der Waals surface area (Å²) in [5.74, 6) is 0.179. The van der Waals surface area contributed by atoms with Gasteiger partial charge in [-0.25, -0.2) is 0 Å². The van der Waals surface area contributed by atoms with Crippen molar-refractivity contribution in [3.05, 3.63) is 36.0 Å². The molecule has 1 rings (SSSR count). The predicted molar refractivity (Wildman–Crippen MR) is 55.5 cm³/mol. The molecule has 0 N–H and O–H groups in total. The smallest absolute Gasteiger partial charge is 0.181 e. The van der Waals surface area contributed by atoms with E-state index >= 15 is 0 Å². The van der Waals surface area contributed by atoms with Gasteiger partial charge in [0.05, 0.1) is 0 Å². The zero-order chi connectivity index (χ0) is 9.52. The van der Waals surface area contributed by atoms with Crippen molar-refractivity contribution in [2.45, 2.75) is 32.6 Å². The van der Waals surface area contributed by atoms with Crippen molar-refractivity contribution in [3.8, 4) is 0 Å². The molecule has 0 bridgehead atoms. The van der Waals surface area contributed by atoms with Crippen LogP contribution in [-0.4, -0.2) is 5.78 Å². The lowest BCUT2D eigenvalue weighted by Crippen LogP contribution is -2.02. The molecule has 70 valence electrons. The number of carbonyl (C=O) groups excluding carboxylic acids is 1. The van der Waals surface area contributed by atoms with Crippen LogP contribution in [0.15, 0.2) is 36.0 Å². The number of ketones is 1. The molecule has 0 aliphatic heterocycles. The minimum Gasteiger partial charge on any atom is -0.290 e. The van der Waals surface area contributed by atoms with Crippen LogP contribution in [0.25, 0.3) is 0 Å². The normalized spacial score (nSPS) is 18.1. The molecule has 0 spiro atoms. The number of allylic oxidation sites excluding steroid dienone is 6. The first-order valence-corrected chi connectivity index (χ1v) is 4.87. The Morgan fingerprint density at radius 2 is 2.23 bits per heavy atom. The second-order valence-electron chi connectivity index (χ2n) is 3.22. The van der Waals surface area contributed by atoms with E-state index in [1.54, 1.807) is 12.2 Å². The minimum atomic E-state index is 0.179. The Bertz CT molecular complexity index is 256. The van der Waals surface area contributed by atoms with Crippen LogP contribution < -0.4 is 0 Å². The highest BCUT2D eigenvalue weighted by molar-refractivity contribution is 6.04. The Balaban J connectivity index is 2.51. The van der Waals surface area contributed by atoms with E-state index in [1.807, 2.05) is 19.1 Å². The monoisotopic (exact) mass is 176 g/mol. The maximum Gasteiger partial charge on any atom is 0.181 e. The highest BCUT2D eigenvalue weighted by Gasteiger charge is 2.08. The van der Waals surface area contributed by atoms with Gasteiger partial charge in [0.25, 0.3) is 0 Å². The lowest BCUT2D eigenvalue weighted by atomic mass is 9.96. The molecule has 1 aliphatic rings. The zero-order valence-corrected chi connectivity index (χ0v) is 8.12. The molecular weight excluding hydrogens is 160 g/mol. The van der Waals surface area contributed by atoms with Gasteiger partial charge < -0.3 is 0 Å². The van der Waals surface area contributed by atoms with E-state index in [4.69, 9.17) is 0 Å². The molecule has 0 atom stereocenters. The summed E-state index contributed by atoms with van der Waals surface area (Å²) in [5, 5.41) is 0. The van der Waals surface area contributed by atoms with Gasteiger partial charge in [0.1, 0.15) is 0 Å². The molecule has 0 saturated carbocycles. The lowest BCUT2D eigenvalue weighted by Gasteiger charge is -2.08. The summed E-state index contributed by atoms with van der Waals surface area (Å²) in [5.41, 5.74) is 0.993. The van der Waals surface area contributed by atoms with Crippen LogP contribution in [0.2, 0.25) is 0 Å². The van der Waals surface area contributed by atoms with Gasteiger partial charge in [0, 0.05) is 0 Å². The van der Waals surface area contributed by atoms with Crippen LogP contribution in [0.5, 0.6) is 0 Å². The van der Waals surface area contributed by atoms with Crippen molar-refractivity contribution in [1.82, 2.24) is 0 Å². The molecule has 1 nitrogen and oxygen atoms in total. The van der Waals surface area contributed by atoms with Gasteiger partial charge in [-0.3, -0.25) is 4.79 Å². The quantitative estimate of drug-likeness (QED) is 0.476. The van der Waals surface area contributed by atoms with Crippen LogP contribution in [-0.2, 0) is 4.79 Å². The summed E-state index contributed by atoms with van der Waals surface area (Å²) in [6.07, 6.45) is 13.7. The summed E-state index contributed by atoms with van der Waals surface area (Å²) < 4.78 is 0. The standard InChI is InChI=1S/C12H16O/c1-2-3-5-10-12(13)11-8-6-4-7-9-11/h2-3,5,8,10H,4,6-7,9H2,1H3/b3-2+,10-5+. The SMILES string of the molecule is C/C=C/C=C/C(=O)C1=CCCCC1.